The van der Waals surface area contributed by atoms with Gasteiger partial charge in [0, 0.05) is 37.6 Å². The molecule has 1 saturated heterocycles. The molecule has 142 valence electrons. The maximum absolute atomic E-state index is 12.1. The molecule has 1 aromatic carbocycles. The van der Waals surface area contributed by atoms with Gasteiger partial charge in [0.15, 0.2) is 6.61 Å². The number of aryl methyl sites for hydroxylation is 1. The van der Waals surface area contributed by atoms with Gasteiger partial charge in [0.1, 0.15) is 5.75 Å². The minimum absolute atomic E-state index is 0.00234. The third-order valence-electron chi connectivity index (χ3n) is 4.25. The molecule has 0 bridgehead atoms. The molecule has 0 unspecified atom stereocenters. The van der Waals surface area contributed by atoms with Crippen LogP contribution in [-0.4, -0.2) is 54.6 Å². The van der Waals surface area contributed by atoms with E-state index in [4.69, 9.17) is 9.47 Å². The number of carbonyl (C=O) groups is 2. The molecule has 7 nitrogen and oxygen atoms in total. The SMILES string of the molecule is O=C(CCc1ccncc1)Nc1ccc(OCC(=O)N2CCOCC2)cc1. The number of nitrogens with one attached hydrogen (secondary N) is 1. The summed E-state index contributed by atoms with van der Waals surface area (Å²) in [7, 11) is 0. The van der Waals surface area contributed by atoms with Gasteiger partial charge >= 0.3 is 0 Å². The Morgan fingerprint density at radius 2 is 1.78 bits per heavy atom. The first-order valence-corrected chi connectivity index (χ1v) is 8.98. The van der Waals surface area contributed by atoms with E-state index in [1.54, 1.807) is 41.6 Å². The molecule has 2 amide bonds. The Morgan fingerprint density at radius 3 is 2.48 bits per heavy atom. The van der Waals surface area contributed by atoms with Gasteiger partial charge in [-0.3, -0.25) is 14.6 Å². The number of amides is 2. The topological polar surface area (TPSA) is 80.8 Å². The van der Waals surface area contributed by atoms with Crippen LogP contribution in [0.4, 0.5) is 5.69 Å². The van der Waals surface area contributed by atoms with Crippen LogP contribution in [0.5, 0.6) is 5.75 Å². The number of benzene rings is 1. The Bertz CT molecular complexity index is 744. The normalized spacial score (nSPS) is 13.9. The van der Waals surface area contributed by atoms with Crippen LogP contribution in [0.2, 0.25) is 0 Å². The van der Waals surface area contributed by atoms with Gasteiger partial charge in [0.2, 0.25) is 5.91 Å². The van der Waals surface area contributed by atoms with Crippen molar-refractivity contribution in [2.45, 2.75) is 12.8 Å². The third-order valence-corrected chi connectivity index (χ3v) is 4.25. The van der Waals surface area contributed by atoms with Crippen LogP contribution < -0.4 is 10.1 Å². The minimum atomic E-state index is -0.0528. The number of hydrogen-bond donors (Lipinski definition) is 1. The fourth-order valence-electron chi connectivity index (χ4n) is 2.71. The zero-order chi connectivity index (χ0) is 18.9. The first-order chi connectivity index (χ1) is 13.2. The van der Waals surface area contributed by atoms with E-state index in [0.29, 0.717) is 50.6 Å². The third kappa shape index (κ3) is 6.07. The van der Waals surface area contributed by atoms with Gasteiger partial charge in [-0.2, -0.15) is 0 Å². The molecular weight excluding hydrogens is 346 g/mol. The number of pyridine rings is 1. The maximum atomic E-state index is 12.1. The maximum Gasteiger partial charge on any atom is 0.260 e. The molecule has 0 radical (unpaired) electrons. The number of nitrogens with zero attached hydrogens (tertiary/aromatic N) is 2. The highest BCUT2D eigenvalue weighted by atomic mass is 16.5. The highest BCUT2D eigenvalue weighted by molar-refractivity contribution is 5.90. The summed E-state index contributed by atoms with van der Waals surface area (Å²) in [6.07, 6.45) is 4.50. The number of hydrogen-bond acceptors (Lipinski definition) is 5. The van der Waals surface area contributed by atoms with Crippen LogP contribution in [0.15, 0.2) is 48.8 Å². The summed E-state index contributed by atoms with van der Waals surface area (Å²) in [6, 6.07) is 10.8. The largest absolute Gasteiger partial charge is 0.484 e. The average Bonchev–Trinajstić information content (AvgIpc) is 2.73. The van der Waals surface area contributed by atoms with Crippen molar-refractivity contribution in [3.63, 3.8) is 0 Å². The van der Waals surface area contributed by atoms with Crippen molar-refractivity contribution in [1.29, 1.82) is 0 Å². The Kier molecular flexibility index (Phi) is 6.76. The molecule has 1 aliphatic heterocycles. The van der Waals surface area contributed by atoms with E-state index in [2.05, 4.69) is 10.3 Å². The molecule has 7 heteroatoms. The summed E-state index contributed by atoms with van der Waals surface area (Å²) in [5, 5.41) is 2.86. The molecule has 1 fully saturated rings. The fraction of sp³-hybridized carbons (Fsp3) is 0.350. The van der Waals surface area contributed by atoms with Crippen molar-refractivity contribution in [2.75, 3.05) is 38.2 Å². The molecule has 2 heterocycles. The summed E-state index contributed by atoms with van der Waals surface area (Å²) in [5.74, 6) is 0.487. The monoisotopic (exact) mass is 369 g/mol. The van der Waals surface area contributed by atoms with Crippen LogP contribution in [0.3, 0.4) is 0 Å². The van der Waals surface area contributed by atoms with Crippen LogP contribution in [0, 0.1) is 0 Å². The lowest BCUT2D eigenvalue weighted by Gasteiger charge is -2.26. The molecule has 0 atom stereocenters. The molecule has 2 aromatic rings. The summed E-state index contributed by atoms with van der Waals surface area (Å²) < 4.78 is 10.8. The van der Waals surface area contributed by atoms with Crippen molar-refractivity contribution >= 4 is 17.5 Å². The van der Waals surface area contributed by atoms with Crippen molar-refractivity contribution < 1.29 is 19.1 Å². The number of rotatable bonds is 7. The summed E-state index contributed by atoms with van der Waals surface area (Å²) >= 11 is 0. The molecular formula is C20H23N3O4. The van der Waals surface area contributed by atoms with E-state index in [9.17, 15) is 9.59 Å². The van der Waals surface area contributed by atoms with Gasteiger partial charge in [0.25, 0.3) is 5.91 Å². The average molecular weight is 369 g/mol. The second-order valence-corrected chi connectivity index (χ2v) is 6.21. The Hall–Kier alpha value is -2.93. The zero-order valence-corrected chi connectivity index (χ0v) is 15.1. The first-order valence-electron chi connectivity index (χ1n) is 8.98. The number of carbonyl (C=O) groups excluding carboxylic acids is 2. The van der Waals surface area contributed by atoms with Gasteiger partial charge < -0.3 is 19.7 Å². The van der Waals surface area contributed by atoms with Crippen LogP contribution in [-0.2, 0) is 20.7 Å². The van der Waals surface area contributed by atoms with Gasteiger partial charge in [-0.15, -0.1) is 0 Å². The summed E-state index contributed by atoms with van der Waals surface area (Å²) in [4.78, 5) is 29.8. The van der Waals surface area contributed by atoms with Crippen molar-refractivity contribution in [1.82, 2.24) is 9.88 Å². The molecule has 0 aliphatic carbocycles. The molecule has 0 saturated carbocycles. The van der Waals surface area contributed by atoms with Gasteiger partial charge in [-0.25, -0.2) is 0 Å². The highest BCUT2D eigenvalue weighted by Crippen LogP contribution is 2.16. The van der Waals surface area contributed by atoms with Gasteiger partial charge in [-0.1, -0.05) is 0 Å². The van der Waals surface area contributed by atoms with E-state index < -0.39 is 0 Å². The number of aromatic nitrogens is 1. The second kappa shape index (κ2) is 9.68. The minimum Gasteiger partial charge on any atom is -0.484 e. The summed E-state index contributed by atoms with van der Waals surface area (Å²) in [5.41, 5.74) is 1.77. The quantitative estimate of drug-likeness (QED) is 0.806. The molecule has 3 rings (SSSR count). The number of anilines is 1. The zero-order valence-electron chi connectivity index (χ0n) is 15.1. The molecule has 0 spiro atoms. The Labute approximate surface area is 158 Å². The lowest BCUT2D eigenvalue weighted by molar-refractivity contribution is -0.137. The summed E-state index contributed by atoms with van der Waals surface area (Å²) in [6.45, 7) is 2.35. The van der Waals surface area contributed by atoms with E-state index in [1.165, 1.54) is 0 Å². The lowest BCUT2D eigenvalue weighted by Crippen LogP contribution is -2.42. The molecule has 1 N–H and O–H groups in total. The highest BCUT2D eigenvalue weighted by Gasteiger charge is 2.17. The lowest BCUT2D eigenvalue weighted by atomic mass is 10.1. The van der Waals surface area contributed by atoms with Crippen LogP contribution in [0.25, 0.3) is 0 Å². The smallest absolute Gasteiger partial charge is 0.260 e. The van der Waals surface area contributed by atoms with E-state index in [0.717, 1.165) is 5.56 Å². The van der Waals surface area contributed by atoms with E-state index >= 15 is 0 Å². The van der Waals surface area contributed by atoms with Crippen molar-refractivity contribution in [2.24, 2.45) is 0 Å². The number of morpholine rings is 1. The first kappa shape index (κ1) is 18.8. The van der Waals surface area contributed by atoms with Gasteiger partial charge in [0.05, 0.1) is 13.2 Å². The fourth-order valence-corrected chi connectivity index (χ4v) is 2.71. The van der Waals surface area contributed by atoms with E-state index in [-0.39, 0.29) is 18.4 Å². The van der Waals surface area contributed by atoms with Crippen molar-refractivity contribution in [3.05, 3.63) is 54.4 Å². The molecule has 27 heavy (non-hydrogen) atoms. The Morgan fingerprint density at radius 1 is 1.07 bits per heavy atom. The standard InChI is InChI=1S/C20H23N3O4/c24-19(6-1-16-7-9-21-10-8-16)22-17-2-4-18(5-3-17)27-15-20(25)23-11-13-26-14-12-23/h2-5,7-10H,1,6,11-15H2,(H,22,24). The van der Waals surface area contributed by atoms with Crippen LogP contribution in [0.1, 0.15) is 12.0 Å². The predicted octanol–water partition coefficient (Wildman–Crippen LogP) is 1.89. The van der Waals surface area contributed by atoms with Crippen molar-refractivity contribution in [3.8, 4) is 5.75 Å². The second-order valence-electron chi connectivity index (χ2n) is 6.21. The van der Waals surface area contributed by atoms with Gasteiger partial charge in [-0.05, 0) is 48.4 Å². The number of ether oxygens (including phenoxy) is 2. The van der Waals surface area contributed by atoms with E-state index in [1.807, 2.05) is 12.1 Å². The predicted molar refractivity (Wildman–Crippen MR) is 101 cm³/mol. The Balaban J connectivity index is 1.41. The van der Waals surface area contributed by atoms with Crippen LogP contribution >= 0.6 is 0 Å². The molecule has 1 aromatic heterocycles. The molecule has 1 aliphatic rings.